The van der Waals surface area contributed by atoms with Crippen LogP contribution >= 0.6 is 0 Å². The molecule has 0 saturated carbocycles. The Hall–Kier alpha value is -4.16. The van der Waals surface area contributed by atoms with Gasteiger partial charge in [-0.2, -0.15) is 0 Å². The lowest BCUT2D eigenvalue weighted by molar-refractivity contribution is 1.38. The van der Waals surface area contributed by atoms with E-state index in [0.29, 0.717) is 0 Å². The lowest BCUT2D eigenvalue weighted by atomic mass is 9.86. The molecule has 0 atom stereocenters. The van der Waals surface area contributed by atoms with Gasteiger partial charge in [-0.1, -0.05) is 84.9 Å². The molecule has 0 spiro atoms. The van der Waals surface area contributed by atoms with Crippen LogP contribution in [0.4, 0.5) is 0 Å². The molecule has 0 radical (unpaired) electrons. The first kappa shape index (κ1) is 23.3. The molecule has 37 heavy (non-hydrogen) atoms. The Morgan fingerprint density at radius 1 is 0.351 bits per heavy atom. The summed E-state index contributed by atoms with van der Waals surface area (Å²) in [6.45, 7) is 11.1. The first-order valence-corrected chi connectivity index (χ1v) is 13.1. The van der Waals surface area contributed by atoms with E-state index in [9.17, 15) is 0 Å². The second-order valence-corrected chi connectivity index (χ2v) is 10.5. The van der Waals surface area contributed by atoms with E-state index in [-0.39, 0.29) is 0 Å². The Morgan fingerprint density at radius 2 is 0.784 bits per heavy atom. The maximum Gasteiger partial charge on any atom is -0.00241 e. The summed E-state index contributed by atoms with van der Waals surface area (Å²) in [6, 6.07) is 38.3. The van der Waals surface area contributed by atoms with Crippen molar-refractivity contribution < 1.29 is 0 Å². The minimum absolute atomic E-state index is 1.28. The number of hydrogen-bond donors (Lipinski definition) is 0. The molecule has 0 fully saturated rings. The minimum atomic E-state index is 1.28. The molecule has 6 rings (SSSR count). The second-order valence-electron chi connectivity index (χ2n) is 10.5. The van der Waals surface area contributed by atoms with Crippen molar-refractivity contribution in [3.8, 4) is 33.4 Å². The average molecular weight is 477 g/mol. The van der Waals surface area contributed by atoms with Gasteiger partial charge in [-0.05, 0) is 136 Å². The summed E-state index contributed by atoms with van der Waals surface area (Å²) in [5.41, 5.74) is 14.4. The van der Waals surface area contributed by atoms with E-state index < -0.39 is 0 Å². The van der Waals surface area contributed by atoms with Crippen LogP contribution in [0, 0.1) is 34.6 Å². The van der Waals surface area contributed by atoms with Crippen LogP contribution in [0.25, 0.3) is 54.9 Å². The lowest BCUT2D eigenvalue weighted by Crippen LogP contribution is -1.92. The number of aryl methyl sites for hydroxylation is 5. The van der Waals surface area contributed by atoms with Crippen LogP contribution in [0.5, 0.6) is 0 Å². The smallest absolute Gasteiger partial charge is 0.00241 e. The molecule has 0 N–H and O–H groups in total. The van der Waals surface area contributed by atoms with Crippen molar-refractivity contribution in [1.82, 2.24) is 0 Å². The lowest BCUT2D eigenvalue weighted by Gasteiger charge is -2.17. The molecule has 0 heterocycles. The van der Waals surface area contributed by atoms with Gasteiger partial charge in [0.15, 0.2) is 0 Å². The molecule has 0 aliphatic carbocycles. The first-order chi connectivity index (χ1) is 17.9. The van der Waals surface area contributed by atoms with Gasteiger partial charge in [-0.15, -0.1) is 0 Å². The number of hydrogen-bond acceptors (Lipinski definition) is 0. The highest BCUT2D eigenvalue weighted by molar-refractivity contribution is 6.14. The zero-order valence-corrected chi connectivity index (χ0v) is 22.3. The fourth-order valence-corrected chi connectivity index (χ4v) is 6.13. The van der Waals surface area contributed by atoms with E-state index in [1.54, 1.807) is 0 Å². The second kappa shape index (κ2) is 9.05. The first-order valence-electron chi connectivity index (χ1n) is 13.1. The van der Waals surface area contributed by atoms with Crippen molar-refractivity contribution in [2.75, 3.05) is 0 Å². The van der Waals surface area contributed by atoms with Crippen molar-refractivity contribution in [3.05, 3.63) is 131 Å². The Balaban J connectivity index is 1.69. The third kappa shape index (κ3) is 3.94. The molecule has 0 aliphatic rings. The van der Waals surface area contributed by atoms with Gasteiger partial charge in [0.2, 0.25) is 0 Å². The van der Waals surface area contributed by atoms with E-state index in [1.807, 2.05) is 0 Å². The van der Waals surface area contributed by atoms with Gasteiger partial charge in [0.1, 0.15) is 0 Å². The fraction of sp³-hybridized carbons (Fsp3) is 0.135. The number of benzene rings is 6. The number of fused-ring (bicyclic) bond motifs is 2. The van der Waals surface area contributed by atoms with Crippen molar-refractivity contribution in [1.29, 1.82) is 0 Å². The van der Waals surface area contributed by atoms with Gasteiger partial charge in [-0.3, -0.25) is 0 Å². The zero-order valence-electron chi connectivity index (χ0n) is 22.3. The van der Waals surface area contributed by atoms with Crippen molar-refractivity contribution in [3.63, 3.8) is 0 Å². The monoisotopic (exact) mass is 476 g/mol. The van der Waals surface area contributed by atoms with Crippen LogP contribution in [-0.4, -0.2) is 0 Å². The standard InChI is InChI=1S/C37H32/c1-23-10-6-7-15-32(23)37-33-18-16-28(35-24(2)11-8-12-25(35)3)20-30(33)22-31-21-29(17-19-34(31)37)36-26(4)13-9-14-27(36)5/h6-22H,1-5H3. The van der Waals surface area contributed by atoms with E-state index in [4.69, 9.17) is 0 Å². The third-order valence-electron chi connectivity index (χ3n) is 7.91. The number of rotatable bonds is 3. The summed E-state index contributed by atoms with van der Waals surface area (Å²) in [4.78, 5) is 0. The molecule has 0 aromatic heterocycles. The van der Waals surface area contributed by atoms with Gasteiger partial charge < -0.3 is 0 Å². The summed E-state index contributed by atoms with van der Waals surface area (Å²) in [5.74, 6) is 0. The van der Waals surface area contributed by atoms with Gasteiger partial charge in [-0.25, -0.2) is 0 Å². The molecule has 0 nitrogen and oxygen atoms in total. The summed E-state index contributed by atoms with van der Waals surface area (Å²) >= 11 is 0. The maximum absolute atomic E-state index is 2.39. The summed E-state index contributed by atoms with van der Waals surface area (Å²) in [5, 5.41) is 5.17. The van der Waals surface area contributed by atoms with Crippen molar-refractivity contribution in [2.45, 2.75) is 34.6 Å². The molecule has 0 saturated heterocycles. The molecule has 0 heteroatoms. The molecule has 0 aliphatic heterocycles. The Kier molecular flexibility index (Phi) is 5.69. The molecule has 6 aromatic carbocycles. The van der Waals surface area contributed by atoms with Gasteiger partial charge in [0.25, 0.3) is 0 Å². The van der Waals surface area contributed by atoms with Crippen LogP contribution in [0.1, 0.15) is 27.8 Å². The van der Waals surface area contributed by atoms with Crippen molar-refractivity contribution in [2.24, 2.45) is 0 Å². The van der Waals surface area contributed by atoms with Gasteiger partial charge in [0.05, 0.1) is 0 Å². The predicted octanol–water partition coefficient (Wildman–Crippen LogP) is 10.5. The molecule has 0 unspecified atom stereocenters. The minimum Gasteiger partial charge on any atom is -0.0620 e. The SMILES string of the molecule is Cc1ccccc1-c1c2ccc(-c3c(C)cccc3C)cc2cc2cc(-c3c(C)cccc3C)ccc12. The highest BCUT2D eigenvalue weighted by Crippen LogP contribution is 2.41. The van der Waals surface area contributed by atoms with Crippen LogP contribution in [0.3, 0.4) is 0 Å². The summed E-state index contributed by atoms with van der Waals surface area (Å²) in [6.07, 6.45) is 0. The van der Waals surface area contributed by atoms with Gasteiger partial charge in [0, 0.05) is 0 Å². The molecule has 0 bridgehead atoms. The Morgan fingerprint density at radius 3 is 1.24 bits per heavy atom. The van der Waals surface area contributed by atoms with Crippen LogP contribution in [-0.2, 0) is 0 Å². The van der Waals surface area contributed by atoms with E-state index in [1.165, 1.54) is 82.7 Å². The van der Waals surface area contributed by atoms with E-state index in [2.05, 4.69) is 138 Å². The Bertz CT molecular complexity index is 1670. The molecule has 6 aromatic rings. The average Bonchev–Trinajstić information content (AvgIpc) is 2.87. The zero-order chi connectivity index (χ0) is 25.7. The molecule has 0 amide bonds. The van der Waals surface area contributed by atoms with Crippen LogP contribution in [0.2, 0.25) is 0 Å². The van der Waals surface area contributed by atoms with E-state index in [0.717, 1.165) is 0 Å². The molecule has 180 valence electrons. The maximum atomic E-state index is 2.39. The highest BCUT2D eigenvalue weighted by Gasteiger charge is 2.15. The highest BCUT2D eigenvalue weighted by atomic mass is 14.2. The molecular weight excluding hydrogens is 444 g/mol. The van der Waals surface area contributed by atoms with Gasteiger partial charge >= 0.3 is 0 Å². The summed E-state index contributed by atoms with van der Waals surface area (Å²) < 4.78 is 0. The van der Waals surface area contributed by atoms with Crippen LogP contribution in [0.15, 0.2) is 103 Å². The fourth-order valence-electron chi connectivity index (χ4n) is 6.13. The quantitative estimate of drug-likeness (QED) is 0.223. The van der Waals surface area contributed by atoms with Crippen molar-refractivity contribution >= 4 is 21.5 Å². The molecular formula is C37H32. The Labute approximate surface area is 220 Å². The normalized spacial score (nSPS) is 11.4. The summed E-state index contributed by atoms with van der Waals surface area (Å²) in [7, 11) is 0. The van der Waals surface area contributed by atoms with E-state index >= 15 is 0 Å². The third-order valence-corrected chi connectivity index (χ3v) is 7.91. The van der Waals surface area contributed by atoms with Crippen LogP contribution < -0.4 is 0 Å². The largest absolute Gasteiger partial charge is 0.0620 e. The topological polar surface area (TPSA) is 0 Å². The predicted molar refractivity (Wildman–Crippen MR) is 161 cm³/mol.